The first-order chi connectivity index (χ1) is 14.0. The Morgan fingerprint density at radius 3 is 2.76 bits per heavy atom. The number of nitrogens with zero attached hydrogens (tertiary/aromatic N) is 2. The van der Waals surface area contributed by atoms with Crippen molar-refractivity contribution in [2.45, 2.75) is 13.5 Å². The number of esters is 1. The van der Waals surface area contributed by atoms with E-state index in [9.17, 15) is 9.59 Å². The van der Waals surface area contributed by atoms with E-state index in [0.29, 0.717) is 17.3 Å². The number of nitrogens with one attached hydrogen (secondary N) is 1. The molecular formula is C20H21N3O6. The van der Waals surface area contributed by atoms with Crippen LogP contribution in [0.2, 0.25) is 0 Å². The van der Waals surface area contributed by atoms with Gasteiger partial charge < -0.3 is 23.9 Å². The van der Waals surface area contributed by atoms with Crippen LogP contribution in [0.5, 0.6) is 11.5 Å². The summed E-state index contributed by atoms with van der Waals surface area (Å²) < 4.78 is 22.7. The molecule has 0 aliphatic rings. The van der Waals surface area contributed by atoms with Gasteiger partial charge in [0.2, 0.25) is 0 Å². The Morgan fingerprint density at radius 2 is 2.00 bits per heavy atom. The highest BCUT2D eigenvalue weighted by Gasteiger charge is 2.21. The molecule has 1 amide bonds. The fraction of sp³-hybridized carbons (Fsp3) is 0.250. The van der Waals surface area contributed by atoms with E-state index in [-0.39, 0.29) is 30.4 Å². The third-order valence-corrected chi connectivity index (χ3v) is 3.97. The second-order valence-electron chi connectivity index (χ2n) is 5.94. The van der Waals surface area contributed by atoms with Crippen LogP contribution >= 0.6 is 0 Å². The van der Waals surface area contributed by atoms with Crippen LogP contribution in [-0.4, -0.2) is 35.4 Å². The molecule has 0 saturated carbocycles. The standard InChI is InChI=1S/C20H21N3O6/c1-4-27-20(25)16-11-21-23(2)18(16)22-19(24)17-9-8-15(29-17)12-28-14-7-5-6-13(10-14)26-3/h5-11H,4,12H2,1-3H3,(H,22,24). The van der Waals surface area contributed by atoms with Crippen LogP contribution in [0.3, 0.4) is 0 Å². The number of carbonyl (C=O) groups is 2. The number of carbonyl (C=O) groups excluding carboxylic acids is 2. The summed E-state index contributed by atoms with van der Waals surface area (Å²) in [6, 6.07) is 10.3. The van der Waals surface area contributed by atoms with Crippen molar-refractivity contribution in [1.82, 2.24) is 9.78 Å². The molecule has 29 heavy (non-hydrogen) atoms. The predicted molar refractivity (Wildman–Crippen MR) is 103 cm³/mol. The minimum absolute atomic E-state index is 0.0743. The summed E-state index contributed by atoms with van der Waals surface area (Å²) in [4.78, 5) is 24.5. The van der Waals surface area contributed by atoms with Gasteiger partial charge in [-0.1, -0.05) is 6.07 Å². The lowest BCUT2D eigenvalue weighted by Crippen LogP contribution is -2.17. The smallest absolute Gasteiger partial charge is 0.343 e. The highest BCUT2D eigenvalue weighted by atomic mass is 16.5. The van der Waals surface area contributed by atoms with Gasteiger partial charge in [-0.15, -0.1) is 0 Å². The maximum Gasteiger partial charge on any atom is 0.343 e. The molecular weight excluding hydrogens is 378 g/mol. The lowest BCUT2D eigenvalue weighted by atomic mass is 10.3. The van der Waals surface area contributed by atoms with Gasteiger partial charge in [-0.2, -0.15) is 5.10 Å². The number of ether oxygens (including phenoxy) is 3. The van der Waals surface area contributed by atoms with Crippen LogP contribution in [0, 0.1) is 0 Å². The Morgan fingerprint density at radius 1 is 1.21 bits per heavy atom. The zero-order chi connectivity index (χ0) is 20.8. The minimum Gasteiger partial charge on any atom is -0.497 e. The number of hydrogen-bond donors (Lipinski definition) is 1. The molecule has 152 valence electrons. The highest BCUT2D eigenvalue weighted by molar-refractivity contribution is 6.05. The van der Waals surface area contributed by atoms with Crippen molar-refractivity contribution in [3.05, 3.63) is 59.7 Å². The van der Waals surface area contributed by atoms with Gasteiger partial charge >= 0.3 is 5.97 Å². The normalized spacial score (nSPS) is 10.4. The zero-order valence-electron chi connectivity index (χ0n) is 16.3. The average molecular weight is 399 g/mol. The molecule has 3 aromatic rings. The molecule has 1 aromatic carbocycles. The summed E-state index contributed by atoms with van der Waals surface area (Å²) in [6.45, 7) is 2.06. The van der Waals surface area contributed by atoms with Gasteiger partial charge in [0.1, 0.15) is 35.2 Å². The molecule has 0 radical (unpaired) electrons. The number of furan rings is 1. The van der Waals surface area contributed by atoms with Crippen molar-refractivity contribution in [2.24, 2.45) is 7.05 Å². The van der Waals surface area contributed by atoms with Crippen molar-refractivity contribution < 1.29 is 28.2 Å². The van der Waals surface area contributed by atoms with Crippen molar-refractivity contribution in [2.75, 3.05) is 19.0 Å². The Kier molecular flexibility index (Phi) is 6.18. The Hall–Kier alpha value is -3.75. The minimum atomic E-state index is -0.567. The number of hydrogen-bond acceptors (Lipinski definition) is 7. The first-order valence-electron chi connectivity index (χ1n) is 8.87. The van der Waals surface area contributed by atoms with E-state index >= 15 is 0 Å². The quantitative estimate of drug-likeness (QED) is 0.581. The number of aryl methyl sites for hydroxylation is 1. The molecule has 0 aliphatic heterocycles. The SMILES string of the molecule is CCOC(=O)c1cnn(C)c1NC(=O)c1ccc(COc2cccc(OC)c2)o1. The molecule has 3 rings (SSSR count). The second kappa shape index (κ2) is 8.96. The molecule has 9 nitrogen and oxygen atoms in total. The molecule has 0 fully saturated rings. The van der Waals surface area contributed by atoms with Gasteiger partial charge in [-0.3, -0.25) is 9.48 Å². The first kappa shape index (κ1) is 20.0. The maximum atomic E-state index is 12.5. The first-order valence-corrected chi connectivity index (χ1v) is 8.87. The average Bonchev–Trinajstić information content (AvgIpc) is 3.34. The summed E-state index contributed by atoms with van der Waals surface area (Å²) in [5.74, 6) is 0.962. The Balaban J connectivity index is 1.65. The third kappa shape index (κ3) is 4.75. The van der Waals surface area contributed by atoms with Gasteiger partial charge in [0.15, 0.2) is 5.76 Å². The van der Waals surface area contributed by atoms with Crippen molar-refractivity contribution >= 4 is 17.7 Å². The molecule has 0 atom stereocenters. The van der Waals surface area contributed by atoms with Crippen molar-refractivity contribution in [3.8, 4) is 11.5 Å². The van der Waals surface area contributed by atoms with E-state index in [4.69, 9.17) is 18.6 Å². The molecule has 9 heteroatoms. The van der Waals surface area contributed by atoms with Crippen LogP contribution in [0.15, 0.2) is 47.0 Å². The maximum absolute atomic E-state index is 12.5. The van der Waals surface area contributed by atoms with E-state index in [0.717, 1.165) is 0 Å². The fourth-order valence-electron chi connectivity index (χ4n) is 2.54. The van der Waals surface area contributed by atoms with Crippen LogP contribution in [0.1, 0.15) is 33.6 Å². The van der Waals surface area contributed by atoms with E-state index in [1.807, 2.05) is 12.1 Å². The molecule has 0 bridgehead atoms. The van der Waals surface area contributed by atoms with E-state index in [1.54, 1.807) is 39.3 Å². The highest BCUT2D eigenvalue weighted by Crippen LogP contribution is 2.21. The molecule has 0 spiro atoms. The summed E-state index contributed by atoms with van der Waals surface area (Å²) in [5, 5.41) is 6.62. The van der Waals surface area contributed by atoms with Crippen molar-refractivity contribution in [1.29, 1.82) is 0 Å². The van der Waals surface area contributed by atoms with Crippen LogP contribution in [-0.2, 0) is 18.4 Å². The number of methoxy groups -OCH3 is 1. The monoisotopic (exact) mass is 399 g/mol. The molecule has 2 aromatic heterocycles. The molecule has 1 N–H and O–H groups in total. The zero-order valence-corrected chi connectivity index (χ0v) is 16.3. The molecule has 0 saturated heterocycles. The largest absolute Gasteiger partial charge is 0.497 e. The van der Waals surface area contributed by atoms with E-state index in [1.165, 1.54) is 16.9 Å². The van der Waals surface area contributed by atoms with Gasteiger partial charge in [-0.05, 0) is 31.2 Å². The number of rotatable bonds is 8. The van der Waals surface area contributed by atoms with E-state index in [2.05, 4.69) is 10.4 Å². The molecule has 0 aliphatic carbocycles. The van der Waals surface area contributed by atoms with E-state index < -0.39 is 11.9 Å². The number of amides is 1. The topological polar surface area (TPSA) is 105 Å². The third-order valence-electron chi connectivity index (χ3n) is 3.97. The van der Waals surface area contributed by atoms with Gasteiger partial charge in [0.25, 0.3) is 5.91 Å². The lowest BCUT2D eigenvalue weighted by molar-refractivity contribution is 0.0527. The predicted octanol–water partition coefficient (Wildman–Crippen LogP) is 3.03. The summed E-state index contributed by atoms with van der Waals surface area (Å²) in [5.41, 5.74) is 0.163. The number of anilines is 1. The van der Waals surface area contributed by atoms with Crippen molar-refractivity contribution in [3.63, 3.8) is 0 Å². The fourth-order valence-corrected chi connectivity index (χ4v) is 2.54. The second-order valence-corrected chi connectivity index (χ2v) is 5.94. The molecule has 2 heterocycles. The number of benzene rings is 1. The molecule has 0 unspecified atom stereocenters. The van der Waals surface area contributed by atoms with Crippen LogP contribution in [0.25, 0.3) is 0 Å². The summed E-state index contributed by atoms with van der Waals surface area (Å²) in [7, 11) is 3.18. The summed E-state index contributed by atoms with van der Waals surface area (Å²) >= 11 is 0. The Bertz CT molecular complexity index is 1010. The number of aromatic nitrogens is 2. The van der Waals surface area contributed by atoms with Gasteiger partial charge in [-0.25, -0.2) is 4.79 Å². The van der Waals surface area contributed by atoms with Gasteiger partial charge in [0.05, 0.1) is 19.9 Å². The summed E-state index contributed by atoms with van der Waals surface area (Å²) in [6.07, 6.45) is 1.34. The van der Waals surface area contributed by atoms with Crippen LogP contribution in [0.4, 0.5) is 5.82 Å². The Labute approximate surface area is 167 Å². The van der Waals surface area contributed by atoms with Crippen LogP contribution < -0.4 is 14.8 Å². The van der Waals surface area contributed by atoms with Gasteiger partial charge in [0, 0.05) is 13.1 Å². The lowest BCUT2D eigenvalue weighted by Gasteiger charge is -2.07.